The van der Waals surface area contributed by atoms with Crippen LogP contribution in [0.15, 0.2) is 78.9 Å². The van der Waals surface area contributed by atoms with Crippen molar-refractivity contribution in [2.45, 2.75) is 44.3 Å². The molecule has 3 aromatic carbocycles. The van der Waals surface area contributed by atoms with E-state index in [-0.39, 0.29) is 30.1 Å². The third-order valence-electron chi connectivity index (χ3n) is 7.44. The molecule has 0 saturated heterocycles. The highest BCUT2D eigenvalue weighted by Crippen LogP contribution is 2.35. The number of carbonyl (C=O) groups excluding carboxylic acids is 2. The number of hydrogen-bond acceptors (Lipinski definition) is 7. The predicted octanol–water partition coefficient (Wildman–Crippen LogP) is 5.85. The van der Waals surface area contributed by atoms with Gasteiger partial charge in [-0.2, -0.15) is 4.37 Å². The molecule has 0 radical (unpaired) electrons. The highest BCUT2D eigenvalue weighted by atomic mass is 32.1. The number of nitrogen functional groups attached to an aromatic ring is 1. The zero-order valence-corrected chi connectivity index (χ0v) is 24.0. The Bertz CT molecular complexity index is 1470. The highest BCUT2D eigenvalue weighted by Gasteiger charge is 2.35. The maximum atomic E-state index is 14.4. The van der Waals surface area contributed by atoms with Gasteiger partial charge in [0, 0.05) is 18.2 Å². The number of nitrogens with one attached hydrogen (secondary N) is 1. The van der Waals surface area contributed by atoms with Crippen LogP contribution in [-0.4, -0.2) is 41.3 Å². The van der Waals surface area contributed by atoms with E-state index >= 15 is 0 Å². The van der Waals surface area contributed by atoms with Crippen molar-refractivity contribution in [2.24, 2.45) is 0 Å². The molecule has 1 heterocycles. The van der Waals surface area contributed by atoms with Gasteiger partial charge in [-0.05, 0) is 71.9 Å². The molecule has 41 heavy (non-hydrogen) atoms. The van der Waals surface area contributed by atoms with E-state index in [0.29, 0.717) is 27.6 Å². The Balaban J connectivity index is 1.55. The first-order chi connectivity index (χ1) is 20.0. The average Bonchev–Trinajstić information content (AvgIpc) is 3.67. The summed E-state index contributed by atoms with van der Waals surface area (Å²) < 4.78 is 15.2. The molecule has 0 bridgehead atoms. The summed E-state index contributed by atoms with van der Waals surface area (Å²) in [4.78, 5) is 30.3. The predicted molar refractivity (Wildman–Crippen MR) is 161 cm³/mol. The number of amides is 2. The molecule has 1 fully saturated rings. The molecule has 1 unspecified atom stereocenters. The van der Waals surface area contributed by atoms with Crippen LogP contribution >= 0.6 is 11.5 Å². The number of benzene rings is 3. The number of ether oxygens (including phenoxy) is 2. The van der Waals surface area contributed by atoms with Crippen LogP contribution in [0.4, 0.5) is 5.69 Å². The molecule has 9 heteroatoms. The van der Waals surface area contributed by atoms with Crippen LogP contribution in [0.1, 0.15) is 52.5 Å². The maximum Gasteiger partial charge on any atom is 0.268 e. The van der Waals surface area contributed by atoms with E-state index in [9.17, 15) is 9.59 Å². The lowest BCUT2D eigenvalue weighted by Gasteiger charge is -2.32. The number of hydrogen-bond donors (Lipinski definition) is 2. The van der Waals surface area contributed by atoms with E-state index < -0.39 is 6.04 Å². The van der Waals surface area contributed by atoms with Crippen LogP contribution in [0.2, 0.25) is 0 Å². The molecule has 212 valence electrons. The van der Waals surface area contributed by atoms with Crippen LogP contribution in [0.3, 0.4) is 0 Å². The van der Waals surface area contributed by atoms with E-state index in [1.54, 1.807) is 31.3 Å². The van der Waals surface area contributed by atoms with E-state index in [0.717, 1.165) is 48.3 Å². The maximum absolute atomic E-state index is 14.4. The highest BCUT2D eigenvalue weighted by molar-refractivity contribution is 7.09. The quantitative estimate of drug-likeness (QED) is 0.248. The zero-order chi connectivity index (χ0) is 28.8. The largest absolute Gasteiger partial charge is 0.497 e. The Hall–Kier alpha value is -4.37. The number of carbonyl (C=O) groups is 2. The molecule has 8 nitrogen and oxygen atoms in total. The summed E-state index contributed by atoms with van der Waals surface area (Å²) in [5.74, 6) is 0.805. The molecule has 5 rings (SSSR count). The van der Waals surface area contributed by atoms with Crippen molar-refractivity contribution in [1.82, 2.24) is 14.6 Å². The summed E-state index contributed by atoms with van der Waals surface area (Å²) in [6.45, 7) is 0.212. The molecule has 0 aliphatic heterocycles. The monoisotopic (exact) mass is 570 g/mol. The Morgan fingerprint density at radius 2 is 1.56 bits per heavy atom. The molecule has 2 amide bonds. The minimum atomic E-state index is -0.889. The number of rotatable bonds is 10. The lowest BCUT2D eigenvalue weighted by molar-refractivity contribution is -0.126. The summed E-state index contributed by atoms with van der Waals surface area (Å²) in [7, 11) is 3.20. The summed E-state index contributed by atoms with van der Waals surface area (Å²) in [5, 5.41) is 3.22. The second kappa shape index (κ2) is 12.9. The van der Waals surface area contributed by atoms with Crippen LogP contribution in [0.5, 0.6) is 11.5 Å². The second-order valence-corrected chi connectivity index (χ2v) is 10.9. The van der Waals surface area contributed by atoms with Crippen molar-refractivity contribution in [3.05, 3.63) is 94.9 Å². The van der Waals surface area contributed by atoms with Crippen LogP contribution in [0, 0.1) is 0 Å². The minimum absolute atomic E-state index is 0.0899. The van der Waals surface area contributed by atoms with Crippen molar-refractivity contribution in [2.75, 3.05) is 20.0 Å². The Morgan fingerprint density at radius 1 is 0.951 bits per heavy atom. The van der Waals surface area contributed by atoms with Crippen molar-refractivity contribution in [3.63, 3.8) is 0 Å². The van der Waals surface area contributed by atoms with Gasteiger partial charge < -0.3 is 25.4 Å². The molecular weight excluding hydrogens is 536 g/mol. The first-order valence-corrected chi connectivity index (χ1v) is 14.4. The van der Waals surface area contributed by atoms with Gasteiger partial charge >= 0.3 is 0 Å². The third kappa shape index (κ3) is 6.36. The molecule has 1 atom stereocenters. The normalized spacial score (nSPS) is 13.9. The van der Waals surface area contributed by atoms with E-state index in [1.807, 2.05) is 66.7 Å². The fraction of sp³-hybridized carbons (Fsp3) is 0.281. The van der Waals surface area contributed by atoms with Crippen molar-refractivity contribution in [3.8, 4) is 22.8 Å². The van der Waals surface area contributed by atoms with Gasteiger partial charge in [0.05, 0.1) is 19.9 Å². The van der Waals surface area contributed by atoms with E-state index in [4.69, 9.17) is 15.2 Å². The molecule has 3 N–H and O–H groups in total. The van der Waals surface area contributed by atoms with Crippen LogP contribution in [-0.2, 0) is 11.3 Å². The van der Waals surface area contributed by atoms with Crippen molar-refractivity contribution in [1.29, 1.82) is 0 Å². The standard InChI is InChI=1S/C32H34N4O4S/c1-39-25-16-12-22(13-17-25)28-27(33)30(41-35-28)32(38)36(20-21-8-4-3-5-9-21)29(23-14-18-26(40-2)19-15-23)31(37)34-24-10-6-7-11-24/h3-5,8-9,12-19,24,29H,6-7,10-11,20,33H2,1-2H3,(H,34,37). The zero-order valence-electron chi connectivity index (χ0n) is 23.2. The summed E-state index contributed by atoms with van der Waals surface area (Å²) in [6, 6.07) is 23.5. The Morgan fingerprint density at radius 3 is 2.17 bits per heavy atom. The molecule has 1 saturated carbocycles. The molecular formula is C32H34N4O4S. The van der Waals surface area contributed by atoms with Gasteiger partial charge in [-0.1, -0.05) is 55.3 Å². The minimum Gasteiger partial charge on any atom is -0.497 e. The summed E-state index contributed by atoms with van der Waals surface area (Å²) in [5.41, 5.74) is 9.74. The fourth-order valence-corrected chi connectivity index (χ4v) is 5.99. The second-order valence-electron chi connectivity index (χ2n) is 10.1. The van der Waals surface area contributed by atoms with Gasteiger partial charge in [-0.25, -0.2) is 0 Å². The summed E-state index contributed by atoms with van der Waals surface area (Å²) >= 11 is 1.04. The van der Waals surface area contributed by atoms with Crippen molar-refractivity contribution < 1.29 is 19.1 Å². The Kier molecular flexibility index (Phi) is 8.84. The molecule has 1 aliphatic rings. The van der Waals surface area contributed by atoms with Crippen LogP contribution < -0.4 is 20.5 Å². The number of aromatic nitrogens is 1. The topological polar surface area (TPSA) is 107 Å². The van der Waals surface area contributed by atoms with Gasteiger partial charge in [0.2, 0.25) is 5.91 Å². The van der Waals surface area contributed by atoms with E-state index in [1.165, 1.54) is 0 Å². The smallest absolute Gasteiger partial charge is 0.268 e. The fourth-order valence-electron chi connectivity index (χ4n) is 5.21. The van der Waals surface area contributed by atoms with Gasteiger partial charge in [0.25, 0.3) is 5.91 Å². The van der Waals surface area contributed by atoms with Gasteiger partial charge in [0.1, 0.15) is 28.1 Å². The van der Waals surface area contributed by atoms with Gasteiger partial charge in [-0.3, -0.25) is 9.59 Å². The van der Waals surface area contributed by atoms with E-state index in [2.05, 4.69) is 9.69 Å². The first-order valence-electron chi connectivity index (χ1n) is 13.7. The van der Waals surface area contributed by atoms with Gasteiger partial charge in [-0.15, -0.1) is 0 Å². The SMILES string of the molecule is COc1ccc(-c2nsc(C(=O)N(Cc3ccccc3)C(C(=O)NC3CCCC3)c3ccc(OC)cc3)c2N)cc1. The number of methoxy groups -OCH3 is 2. The number of nitrogens with zero attached hydrogens (tertiary/aromatic N) is 2. The lowest BCUT2D eigenvalue weighted by Crippen LogP contribution is -2.45. The Labute approximate surface area is 244 Å². The summed E-state index contributed by atoms with van der Waals surface area (Å²) in [6.07, 6.45) is 4.02. The third-order valence-corrected chi connectivity index (χ3v) is 8.29. The van der Waals surface area contributed by atoms with Gasteiger partial charge in [0.15, 0.2) is 0 Å². The van der Waals surface area contributed by atoms with Crippen LogP contribution in [0.25, 0.3) is 11.3 Å². The first kappa shape index (κ1) is 28.2. The lowest BCUT2D eigenvalue weighted by atomic mass is 10.0. The average molecular weight is 571 g/mol. The molecule has 1 aliphatic carbocycles. The molecule has 1 aromatic heterocycles. The van der Waals surface area contributed by atoms with Crippen molar-refractivity contribution >= 4 is 29.0 Å². The number of anilines is 1. The molecule has 0 spiro atoms. The number of nitrogens with two attached hydrogens (primary N) is 1. The molecule has 4 aromatic rings.